The average molecular weight is 368 g/mol. The first-order valence-corrected chi connectivity index (χ1v) is 10.2. The summed E-state index contributed by atoms with van der Waals surface area (Å²) < 4.78 is 27.1. The number of hydrogen-bond acceptors (Lipinski definition) is 2. The van der Waals surface area contributed by atoms with Crippen molar-refractivity contribution < 1.29 is 8.78 Å². The highest BCUT2D eigenvalue weighted by atomic mass is 19.1. The molecule has 2 atom stereocenters. The highest BCUT2D eigenvalue weighted by Gasteiger charge is 2.45. The largest absolute Gasteiger partial charge is 0.311 e. The molecule has 2 unspecified atom stereocenters. The molecule has 0 bridgehead atoms. The summed E-state index contributed by atoms with van der Waals surface area (Å²) in [6, 6.07) is 14.8. The lowest BCUT2D eigenvalue weighted by atomic mass is 9.91. The van der Waals surface area contributed by atoms with Crippen molar-refractivity contribution in [1.29, 1.82) is 0 Å². The molecule has 5 rings (SSSR count). The summed E-state index contributed by atoms with van der Waals surface area (Å²) >= 11 is 0. The van der Waals surface area contributed by atoms with Gasteiger partial charge < -0.3 is 5.32 Å². The normalized spacial score (nSPS) is 26.5. The van der Waals surface area contributed by atoms with Gasteiger partial charge in [0.05, 0.1) is 6.04 Å². The van der Waals surface area contributed by atoms with Crippen molar-refractivity contribution in [2.75, 3.05) is 13.1 Å². The van der Waals surface area contributed by atoms with E-state index < -0.39 is 0 Å². The van der Waals surface area contributed by atoms with Gasteiger partial charge in [0.2, 0.25) is 0 Å². The quantitative estimate of drug-likeness (QED) is 0.835. The molecule has 1 aliphatic heterocycles. The summed E-state index contributed by atoms with van der Waals surface area (Å²) in [6.45, 7) is 2.02. The van der Waals surface area contributed by atoms with E-state index in [4.69, 9.17) is 0 Å². The van der Waals surface area contributed by atoms with E-state index in [-0.39, 0.29) is 17.7 Å². The first kappa shape index (κ1) is 17.3. The molecule has 0 amide bonds. The average Bonchev–Trinajstić information content (AvgIpc) is 3.57. The minimum Gasteiger partial charge on any atom is -0.311 e. The van der Waals surface area contributed by atoms with Crippen LogP contribution in [0.1, 0.15) is 42.9 Å². The predicted octanol–water partition coefficient (Wildman–Crippen LogP) is 4.52. The summed E-state index contributed by atoms with van der Waals surface area (Å²) in [7, 11) is 0. The fraction of sp³-hybridized carbons (Fsp3) is 0.478. The number of halogens is 2. The van der Waals surface area contributed by atoms with Crippen LogP contribution < -0.4 is 5.32 Å². The Kier molecular flexibility index (Phi) is 4.49. The zero-order chi connectivity index (χ0) is 18.4. The summed E-state index contributed by atoms with van der Waals surface area (Å²) in [5.74, 6) is 1.09. The smallest absolute Gasteiger partial charge is 0.123 e. The van der Waals surface area contributed by atoms with Crippen molar-refractivity contribution in [3.05, 3.63) is 71.3 Å². The van der Waals surface area contributed by atoms with Gasteiger partial charge in [-0.2, -0.15) is 0 Å². The van der Waals surface area contributed by atoms with Crippen molar-refractivity contribution in [2.45, 2.75) is 43.8 Å². The number of nitrogens with zero attached hydrogens (tertiary/aromatic N) is 1. The van der Waals surface area contributed by atoms with E-state index in [1.165, 1.54) is 25.7 Å². The topological polar surface area (TPSA) is 15.3 Å². The fourth-order valence-corrected chi connectivity index (χ4v) is 4.71. The second kappa shape index (κ2) is 6.99. The van der Waals surface area contributed by atoms with Crippen LogP contribution in [0.2, 0.25) is 0 Å². The molecule has 2 saturated carbocycles. The molecule has 2 aromatic carbocycles. The molecule has 3 fully saturated rings. The maximum absolute atomic E-state index is 13.6. The van der Waals surface area contributed by atoms with Crippen LogP contribution in [0.3, 0.4) is 0 Å². The second-order valence-electron chi connectivity index (χ2n) is 8.46. The molecule has 1 heterocycles. The molecule has 142 valence electrons. The first-order chi connectivity index (χ1) is 13.2. The molecular weight excluding hydrogens is 342 g/mol. The molecule has 2 aliphatic carbocycles. The van der Waals surface area contributed by atoms with Crippen LogP contribution in [0.25, 0.3) is 0 Å². The van der Waals surface area contributed by atoms with E-state index in [9.17, 15) is 8.78 Å². The Bertz CT molecular complexity index is 736. The maximum Gasteiger partial charge on any atom is 0.123 e. The SMILES string of the molecule is Fc1ccc(C(c2ccc(F)cc2)N2CC(C3CC3)NCC2C2CC2)cc1. The summed E-state index contributed by atoms with van der Waals surface area (Å²) in [4.78, 5) is 2.62. The van der Waals surface area contributed by atoms with Gasteiger partial charge in [-0.25, -0.2) is 8.78 Å². The fourth-order valence-electron chi connectivity index (χ4n) is 4.71. The Labute approximate surface area is 159 Å². The van der Waals surface area contributed by atoms with E-state index in [1.54, 1.807) is 24.3 Å². The van der Waals surface area contributed by atoms with E-state index in [2.05, 4.69) is 10.2 Å². The molecule has 3 aliphatic rings. The van der Waals surface area contributed by atoms with Gasteiger partial charge in [0.15, 0.2) is 0 Å². The molecule has 1 saturated heterocycles. The van der Waals surface area contributed by atoms with E-state index in [0.717, 1.165) is 36.1 Å². The molecule has 2 aromatic rings. The third kappa shape index (κ3) is 3.65. The van der Waals surface area contributed by atoms with Crippen molar-refractivity contribution in [3.63, 3.8) is 0 Å². The molecule has 0 aromatic heterocycles. The Morgan fingerprint density at radius 2 is 1.30 bits per heavy atom. The first-order valence-electron chi connectivity index (χ1n) is 10.2. The van der Waals surface area contributed by atoms with E-state index in [1.807, 2.05) is 24.3 Å². The third-order valence-corrected chi connectivity index (χ3v) is 6.48. The molecule has 27 heavy (non-hydrogen) atoms. The second-order valence-corrected chi connectivity index (χ2v) is 8.46. The highest BCUT2D eigenvalue weighted by molar-refractivity contribution is 5.33. The number of rotatable bonds is 5. The van der Waals surface area contributed by atoms with Crippen LogP contribution in [0.4, 0.5) is 8.78 Å². The summed E-state index contributed by atoms with van der Waals surface area (Å²) in [5, 5.41) is 3.80. The Morgan fingerprint density at radius 3 is 1.78 bits per heavy atom. The van der Waals surface area contributed by atoms with Crippen LogP contribution >= 0.6 is 0 Å². The Hall–Kier alpha value is -1.78. The van der Waals surface area contributed by atoms with Gasteiger partial charge in [-0.3, -0.25) is 4.90 Å². The maximum atomic E-state index is 13.6. The van der Waals surface area contributed by atoms with Crippen molar-refractivity contribution in [3.8, 4) is 0 Å². The van der Waals surface area contributed by atoms with Crippen molar-refractivity contribution >= 4 is 0 Å². The van der Waals surface area contributed by atoms with Crippen LogP contribution in [0.5, 0.6) is 0 Å². The van der Waals surface area contributed by atoms with Crippen molar-refractivity contribution in [1.82, 2.24) is 10.2 Å². The monoisotopic (exact) mass is 368 g/mol. The lowest BCUT2D eigenvalue weighted by molar-refractivity contribution is 0.0784. The van der Waals surface area contributed by atoms with Gasteiger partial charge in [0.1, 0.15) is 11.6 Å². The van der Waals surface area contributed by atoms with Gasteiger partial charge in [-0.05, 0) is 72.9 Å². The van der Waals surface area contributed by atoms with E-state index >= 15 is 0 Å². The molecule has 0 spiro atoms. The predicted molar refractivity (Wildman–Crippen MR) is 102 cm³/mol. The Balaban J connectivity index is 1.54. The number of nitrogens with one attached hydrogen (secondary N) is 1. The van der Waals surface area contributed by atoms with Gasteiger partial charge in [0.25, 0.3) is 0 Å². The van der Waals surface area contributed by atoms with Gasteiger partial charge in [-0.1, -0.05) is 24.3 Å². The number of piperazine rings is 1. The third-order valence-electron chi connectivity index (χ3n) is 6.48. The van der Waals surface area contributed by atoms with Gasteiger partial charge in [0, 0.05) is 25.2 Å². The zero-order valence-electron chi connectivity index (χ0n) is 15.5. The zero-order valence-corrected chi connectivity index (χ0v) is 15.5. The molecule has 0 radical (unpaired) electrons. The molecular formula is C23H26F2N2. The number of hydrogen-bond donors (Lipinski definition) is 1. The van der Waals surface area contributed by atoms with Crippen molar-refractivity contribution in [2.24, 2.45) is 11.8 Å². The molecule has 1 N–H and O–H groups in total. The lowest BCUT2D eigenvalue weighted by Gasteiger charge is -2.45. The van der Waals surface area contributed by atoms with Crippen LogP contribution in [0, 0.1) is 23.5 Å². The summed E-state index contributed by atoms with van der Waals surface area (Å²) in [5.41, 5.74) is 2.18. The summed E-state index contributed by atoms with van der Waals surface area (Å²) in [6.07, 6.45) is 5.21. The van der Waals surface area contributed by atoms with E-state index in [0.29, 0.717) is 12.1 Å². The standard InChI is InChI=1S/C23H26F2N2/c24-19-9-5-17(6-10-19)23(18-7-11-20(25)12-8-18)27-14-21(15-1-2-15)26-13-22(27)16-3-4-16/h5-12,15-16,21-23,26H,1-4,13-14H2. The minimum atomic E-state index is -0.216. The lowest BCUT2D eigenvalue weighted by Crippen LogP contribution is -2.59. The minimum absolute atomic E-state index is 0.0418. The van der Waals surface area contributed by atoms with Gasteiger partial charge in [-0.15, -0.1) is 0 Å². The number of benzene rings is 2. The molecule has 2 nitrogen and oxygen atoms in total. The molecule has 4 heteroatoms. The Morgan fingerprint density at radius 1 is 0.778 bits per heavy atom. The highest BCUT2D eigenvalue weighted by Crippen LogP contribution is 2.43. The van der Waals surface area contributed by atoms with Gasteiger partial charge >= 0.3 is 0 Å². The van der Waals surface area contributed by atoms with Crippen LogP contribution in [-0.4, -0.2) is 30.1 Å². The van der Waals surface area contributed by atoms with Crippen LogP contribution in [-0.2, 0) is 0 Å². The van der Waals surface area contributed by atoms with Crippen LogP contribution in [0.15, 0.2) is 48.5 Å².